The minimum atomic E-state index is -0.166. The summed E-state index contributed by atoms with van der Waals surface area (Å²) >= 11 is 0. The predicted octanol–water partition coefficient (Wildman–Crippen LogP) is 0.834. The number of carbonyl (C=O) groups excluding carboxylic acids is 1. The average molecular weight is 303 g/mol. The van der Waals surface area contributed by atoms with Gasteiger partial charge in [0, 0.05) is 32.2 Å². The van der Waals surface area contributed by atoms with E-state index in [1.165, 1.54) is 0 Å². The van der Waals surface area contributed by atoms with E-state index < -0.39 is 0 Å². The van der Waals surface area contributed by atoms with Crippen LogP contribution in [0.2, 0.25) is 0 Å². The molecule has 1 atom stereocenters. The third-order valence-electron chi connectivity index (χ3n) is 3.97. The van der Waals surface area contributed by atoms with Crippen LogP contribution in [-0.4, -0.2) is 49.6 Å². The first kappa shape index (κ1) is 14.8. The maximum Gasteiger partial charge on any atom is 0.242 e. The summed E-state index contributed by atoms with van der Waals surface area (Å²) in [7, 11) is 1.95. The molecule has 118 valence electrons. The summed E-state index contributed by atoms with van der Waals surface area (Å²) < 4.78 is 9.63. The van der Waals surface area contributed by atoms with E-state index in [4.69, 9.17) is 4.74 Å². The Morgan fingerprint density at radius 2 is 2.27 bits per heavy atom. The van der Waals surface area contributed by atoms with E-state index in [-0.39, 0.29) is 12.0 Å². The van der Waals surface area contributed by atoms with Gasteiger partial charge >= 0.3 is 0 Å². The maximum absolute atomic E-state index is 12.5. The van der Waals surface area contributed by atoms with Crippen LogP contribution in [0.25, 0.3) is 0 Å². The van der Waals surface area contributed by atoms with Crippen molar-refractivity contribution in [3.63, 3.8) is 0 Å². The Morgan fingerprint density at radius 3 is 2.91 bits per heavy atom. The van der Waals surface area contributed by atoms with Gasteiger partial charge in [-0.25, -0.2) is 9.97 Å². The molecule has 0 spiro atoms. The molecule has 0 aromatic carbocycles. The molecule has 0 unspecified atom stereocenters. The first-order valence-electron chi connectivity index (χ1n) is 7.41. The second kappa shape index (κ2) is 5.92. The van der Waals surface area contributed by atoms with Crippen LogP contribution in [0, 0.1) is 13.8 Å². The molecule has 7 heteroatoms. The number of aromatic nitrogens is 4. The summed E-state index contributed by atoms with van der Waals surface area (Å²) in [6, 6.07) is 0. The van der Waals surface area contributed by atoms with Crippen molar-refractivity contribution >= 4 is 5.91 Å². The zero-order valence-corrected chi connectivity index (χ0v) is 13.2. The molecular formula is C15H21N5O2. The number of rotatable bonds is 3. The van der Waals surface area contributed by atoms with Crippen molar-refractivity contribution in [2.75, 3.05) is 19.7 Å². The summed E-state index contributed by atoms with van der Waals surface area (Å²) in [5.41, 5.74) is 0.957. The monoisotopic (exact) mass is 303 g/mol. The van der Waals surface area contributed by atoms with Crippen molar-refractivity contribution in [3.05, 3.63) is 35.9 Å². The Kier molecular flexibility index (Phi) is 3.98. The van der Waals surface area contributed by atoms with Gasteiger partial charge in [-0.1, -0.05) is 0 Å². The normalized spacial score (nSPS) is 18.7. The molecule has 2 aromatic rings. The van der Waals surface area contributed by atoms with Crippen LogP contribution in [0.4, 0.5) is 0 Å². The lowest BCUT2D eigenvalue weighted by Gasteiger charge is -2.32. The van der Waals surface area contributed by atoms with Crippen molar-refractivity contribution in [3.8, 4) is 0 Å². The van der Waals surface area contributed by atoms with Gasteiger partial charge < -0.3 is 18.8 Å². The van der Waals surface area contributed by atoms with Gasteiger partial charge in [0.2, 0.25) is 5.91 Å². The van der Waals surface area contributed by atoms with Gasteiger partial charge in [-0.05, 0) is 13.8 Å². The summed E-state index contributed by atoms with van der Waals surface area (Å²) in [5, 5.41) is 0. The molecule has 1 aliphatic heterocycles. The lowest BCUT2D eigenvalue weighted by atomic mass is 10.2. The summed E-state index contributed by atoms with van der Waals surface area (Å²) in [5.74, 6) is 1.80. The molecule has 0 N–H and O–H groups in total. The van der Waals surface area contributed by atoms with Crippen LogP contribution in [-0.2, 0) is 23.1 Å². The van der Waals surface area contributed by atoms with E-state index in [1.54, 1.807) is 6.20 Å². The molecule has 0 saturated carbocycles. The molecule has 0 bridgehead atoms. The Hall–Kier alpha value is -2.15. The quantitative estimate of drug-likeness (QED) is 0.842. The average Bonchev–Trinajstić information content (AvgIpc) is 3.05. The summed E-state index contributed by atoms with van der Waals surface area (Å²) in [4.78, 5) is 23.0. The molecule has 3 heterocycles. The Morgan fingerprint density at radius 1 is 1.45 bits per heavy atom. The molecule has 3 rings (SSSR count). The number of aryl methyl sites for hydroxylation is 3. The molecule has 1 amide bonds. The second-order valence-electron chi connectivity index (χ2n) is 5.65. The topological polar surface area (TPSA) is 65.2 Å². The highest BCUT2D eigenvalue weighted by Gasteiger charge is 2.28. The van der Waals surface area contributed by atoms with Gasteiger partial charge in [0.25, 0.3) is 0 Å². The van der Waals surface area contributed by atoms with Crippen LogP contribution in [0.15, 0.2) is 18.6 Å². The predicted molar refractivity (Wildman–Crippen MR) is 80.2 cm³/mol. The SMILES string of the molecule is Cc1cn(C)c([C@@H]2CN(C(=O)Cn3ccnc3C)CCO2)n1. The molecule has 0 radical (unpaired) electrons. The van der Waals surface area contributed by atoms with Gasteiger partial charge in [0.15, 0.2) is 0 Å². The number of ether oxygens (including phenoxy) is 1. The highest BCUT2D eigenvalue weighted by atomic mass is 16.5. The molecule has 22 heavy (non-hydrogen) atoms. The lowest BCUT2D eigenvalue weighted by molar-refractivity contribution is -0.140. The smallest absolute Gasteiger partial charge is 0.242 e. The summed E-state index contributed by atoms with van der Waals surface area (Å²) in [6.45, 7) is 5.86. The number of morpholine rings is 1. The van der Waals surface area contributed by atoms with Crippen molar-refractivity contribution in [2.24, 2.45) is 7.05 Å². The summed E-state index contributed by atoms with van der Waals surface area (Å²) in [6.07, 6.45) is 5.34. The molecule has 1 aliphatic rings. The first-order valence-corrected chi connectivity index (χ1v) is 7.41. The number of hydrogen-bond donors (Lipinski definition) is 0. The third-order valence-corrected chi connectivity index (χ3v) is 3.97. The fraction of sp³-hybridized carbons (Fsp3) is 0.533. The van der Waals surface area contributed by atoms with E-state index >= 15 is 0 Å². The van der Waals surface area contributed by atoms with E-state index in [2.05, 4.69) is 9.97 Å². The fourth-order valence-corrected chi connectivity index (χ4v) is 2.78. The van der Waals surface area contributed by atoms with Crippen LogP contribution in [0.5, 0.6) is 0 Å². The zero-order chi connectivity index (χ0) is 15.7. The van der Waals surface area contributed by atoms with Crippen LogP contribution in [0.3, 0.4) is 0 Å². The molecule has 1 saturated heterocycles. The minimum absolute atomic E-state index is 0.0836. The lowest BCUT2D eigenvalue weighted by Crippen LogP contribution is -2.44. The van der Waals surface area contributed by atoms with Crippen molar-refractivity contribution in [2.45, 2.75) is 26.5 Å². The van der Waals surface area contributed by atoms with Crippen LogP contribution < -0.4 is 0 Å². The number of hydrogen-bond acceptors (Lipinski definition) is 4. The number of carbonyl (C=O) groups is 1. The van der Waals surface area contributed by atoms with Gasteiger partial charge in [-0.15, -0.1) is 0 Å². The van der Waals surface area contributed by atoms with Crippen molar-refractivity contribution in [1.82, 2.24) is 24.0 Å². The molecule has 0 aliphatic carbocycles. The zero-order valence-electron chi connectivity index (χ0n) is 13.2. The van der Waals surface area contributed by atoms with Crippen molar-refractivity contribution < 1.29 is 9.53 Å². The third kappa shape index (κ3) is 2.89. The number of imidazole rings is 2. The standard InChI is InChI=1S/C15H21N5O2/c1-11-8-18(3)15(17-11)13-9-20(6-7-22-13)14(21)10-19-5-4-16-12(19)2/h4-5,8,13H,6-7,9-10H2,1-3H3/t13-/m0/s1. The molecule has 2 aromatic heterocycles. The molecule has 1 fully saturated rings. The number of nitrogens with zero attached hydrogens (tertiary/aromatic N) is 5. The van der Waals surface area contributed by atoms with E-state index in [0.29, 0.717) is 26.2 Å². The second-order valence-corrected chi connectivity index (χ2v) is 5.65. The van der Waals surface area contributed by atoms with Gasteiger partial charge in [0.05, 0.1) is 18.8 Å². The maximum atomic E-state index is 12.5. The highest BCUT2D eigenvalue weighted by molar-refractivity contribution is 5.76. The first-order chi connectivity index (χ1) is 10.5. The van der Waals surface area contributed by atoms with E-state index in [9.17, 15) is 4.79 Å². The van der Waals surface area contributed by atoms with E-state index in [0.717, 1.165) is 17.3 Å². The van der Waals surface area contributed by atoms with Gasteiger partial charge in [0.1, 0.15) is 24.3 Å². The highest BCUT2D eigenvalue weighted by Crippen LogP contribution is 2.21. The van der Waals surface area contributed by atoms with E-state index in [1.807, 2.05) is 47.3 Å². The van der Waals surface area contributed by atoms with Gasteiger partial charge in [-0.2, -0.15) is 0 Å². The Bertz CT molecular complexity index is 675. The Balaban J connectivity index is 1.69. The van der Waals surface area contributed by atoms with Gasteiger partial charge in [-0.3, -0.25) is 4.79 Å². The molecule has 7 nitrogen and oxygen atoms in total. The fourth-order valence-electron chi connectivity index (χ4n) is 2.78. The van der Waals surface area contributed by atoms with Crippen LogP contribution in [0.1, 0.15) is 23.4 Å². The van der Waals surface area contributed by atoms with Crippen LogP contribution >= 0.6 is 0 Å². The number of amides is 1. The molecular weight excluding hydrogens is 282 g/mol. The minimum Gasteiger partial charge on any atom is -0.367 e. The van der Waals surface area contributed by atoms with Crippen molar-refractivity contribution in [1.29, 1.82) is 0 Å². The Labute approximate surface area is 129 Å². The largest absolute Gasteiger partial charge is 0.367 e.